The van der Waals surface area contributed by atoms with E-state index >= 15 is 0 Å². The van der Waals surface area contributed by atoms with Gasteiger partial charge in [0.1, 0.15) is 0 Å². The third-order valence-electron chi connectivity index (χ3n) is 3.12. The van der Waals surface area contributed by atoms with Gasteiger partial charge in [-0.15, -0.1) is 12.4 Å². The van der Waals surface area contributed by atoms with Gasteiger partial charge in [0.2, 0.25) is 5.91 Å². The molecule has 0 saturated carbocycles. The highest BCUT2D eigenvalue weighted by Gasteiger charge is 2.03. The van der Waals surface area contributed by atoms with Crippen LogP contribution in [-0.4, -0.2) is 32.7 Å². The summed E-state index contributed by atoms with van der Waals surface area (Å²) in [5.41, 5.74) is 1.13. The van der Waals surface area contributed by atoms with Crippen molar-refractivity contribution in [3.05, 3.63) is 48.0 Å². The SMILES string of the molecule is COCCNCC(=O)NCc1cccc2ccccc12.Cl. The van der Waals surface area contributed by atoms with Crippen LogP contribution in [-0.2, 0) is 16.1 Å². The minimum atomic E-state index is -0.00552. The first kappa shape index (κ1) is 17.4. The zero-order valence-corrected chi connectivity index (χ0v) is 12.9. The minimum Gasteiger partial charge on any atom is -0.383 e. The first-order valence-electron chi connectivity index (χ1n) is 6.74. The zero-order valence-electron chi connectivity index (χ0n) is 12.1. The lowest BCUT2D eigenvalue weighted by Crippen LogP contribution is -2.34. The maximum atomic E-state index is 11.7. The van der Waals surface area contributed by atoms with Crippen molar-refractivity contribution in [2.75, 3.05) is 26.8 Å². The Bertz CT molecular complexity index is 570. The Morgan fingerprint density at radius 3 is 2.71 bits per heavy atom. The molecule has 0 fully saturated rings. The van der Waals surface area contributed by atoms with Gasteiger partial charge in [-0.25, -0.2) is 0 Å². The predicted octanol–water partition coefficient (Wildman–Crippen LogP) is 2.11. The quantitative estimate of drug-likeness (QED) is 0.770. The number of hydrogen-bond acceptors (Lipinski definition) is 3. The van der Waals surface area contributed by atoms with E-state index in [0.29, 0.717) is 26.2 Å². The summed E-state index contributed by atoms with van der Waals surface area (Å²) in [7, 11) is 1.64. The summed E-state index contributed by atoms with van der Waals surface area (Å²) in [5, 5.41) is 8.32. The van der Waals surface area contributed by atoms with Gasteiger partial charge in [-0.05, 0) is 16.3 Å². The number of nitrogens with one attached hydrogen (secondary N) is 2. The molecule has 0 atom stereocenters. The number of ether oxygens (including phenoxy) is 1. The molecule has 0 aliphatic carbocycles. The molecule has 0 aliphatic heterocycles. The van der Waals surface area contributed by atoms with E-state index in [2.05, 4.69) is 28.8 Å². The van der Waals surface area contributed by atoms with Crippen LogP contribution in [0.2, 0.25) is 0 Å². The maximum Gasteiger partial charge on any atom is 0.234 e. The topological polar surface area (TPSA) is 50.4 Å². The molecule has 0 heterocycles. The van der Waals surface area contributed by atoms with Gasteiger partial charge in [0.25, 0.3) is 0 Å². The molecular formula is C16H21ClN2O2. The Kier molecular flexibility index (Phi) is 7.75. The van der Waals surface area contributed by atoms with Crippen LogP contribution in [0.5, 0.6) is 0 Å². The van der Waals surface area contributed by atoms with Crippen LogP contribution >= 0.6 is 12.4 Å². The van der Waals surface area contributed by atoms with Crippen LogP contribution in [0, 0.1) is 0 Å². The van der Waals surface area contributed by atoms with E-state index in [1.807, 2.05) is 24.3 Å². The zero-order chi connectivity index (χ0) is 14.2. The lowest BCUT2D eigenvalue weighted by atomic mass is 10.0. The predicted molar refractivity (Wildman–Crippen MR) is 87.8 cm³/mol. The van der Waals surface area contributed by atoms with Crippen LogP contribution in [0.4, 0.5) is 0 Å². The molecule has 21 heavy (non-hydrogen) atoms. The Morgan fingerprint density at radius 1 is 1.14 bits per heavy atom. The number of halogens is 1. The van der Waals surface area contributed by atoms with E-state index in [1.165, 1.54) is 10.8 Å². The highest BCUT2D eigenvalue weighted by Crippen LogP contribution is 2.17. The van der Waals surface area contributed by atoms with Crippen molar-refractivity contribution >= 4 is 29.1 Å². The molecule has 0 aliphatic rings. The standard InChI is InChI=1S/C16H20N2O2.ClH/c1-20-10-9-17-12-16(19)18-11-14-7-4-6-13-5-2-3-8-15(13)14;/h2-8,17H,9-12H2,1H3,(H,18,19);1H. The number of methoxy groups -OCH3 is 1. The fourth-order valence-corrected chi connectivity index (χ4v) is 2.08. The first-order chi connectivity index (χ1) is 9.81. The molecular weight excluding hydrogens is 288 g/mol. The molecule has 4 nitrogen and oxygen atoms in total. The number of carbonyl (C=O) groups is 1. The largest absolute Gasteiger partial charge is 0.383 e. The second-order valence-electron chi connectivity index (χ2n) is 4.58. The Balaban J connectivity index is 0.00000220. The fraction of sp³-hybridized carbons (Fsp3) is 0.312. The summed E-state index contributed by atoms with van der Waals surface area (Å²) >= 11 is 0. The van der Waals surface area contributed by atoms with E-state index < -0.39 is 0 Å². The molecule has 0 saturated heterocycles. The molecule has 0 unspecified atom stereocenters. The van der Waals surface area contributed by atoms with Crippen molar-refractivity contribution in [1.82, 2.24) is 10.6 Å². The van der Waals surface area contributed by atoms with E-state index in [1.54, 1.807) is 7.11 Å². The van der Waals surface area contributed by atoms with Crippen molar-refractivity contribution in [1.29, 1.82) is 0 Å². The van der Waals surface area contributed by atoms with Crippen molar-refractivity contribution in [2.24, 2.45) is 0 Å². The molecule has 0 aromatic heterocycles. The van der Waals surface area contributed by atoms with Gasteiger partial charge in [0.15, 0.2) is 0 Å². The maximum absolute atomic E-state index is 11.7. The average molecular weight is 309 g/mol. The Morgan fingerprint density at radius 2 is 1.90 bits per heavy atom. The number of hydrogen-bond donors (Lipinski definition) is 2. The van der Waals surface area contributed by atoms with E-state index in [4.69, 9.17) is 4.74 Å². The van der Waals surface area contributed by atoms with Gasteiger partial charge in [-0.1, -0.05) is 42.5 Å². The summed E-state index contributed by atoms with van der Waals surface area (Å²) in [5.74, 6) is -0.00552. The molecule has 1 amide bonds. The van der Waals surface area contributed by atoms with Crippen LogP contribution < -0.4 is 10.6 Å². The molecule has 2 aromatic rings. The van der Waals surface area contributed by atoms with Crippen molar-refractivity contribution in [2.45, 2.75) is 6.54 Å². The number of carbonyl (C=O) groups excluding carboxylic acids is 1. The molecule has 2 N–H and O–H groups in total. The Labute approximate surface area is 131 Å². The molecule has 0 spiro atoms. The first-order valence-corrected chi connectivity index (χ1v) is 6.74. The lowest BCUT2D eigenvalue weighted by molar-refractivity contribution is -0.120. The van der Waals surface area contributed by atoms with Gasteiger partial charge in [0, 0.05) is 20.2 Å². The lowest BCUT2D eigenvalue weighted by Gasteiger charge is -2.09. The van der Waals surface area contributed by atoms with Crippen LogP contribution in [0.25, 0.3) is 10.8 Å². The molecule has 5 heteroatoms. The smallest absolute Gasteiger partial charge is 0.234 e. The summed E-state index contributed by atoms with van der Waals surface area (Å²) < 4.78 is 4.91. The average Bonchev–Trinajstić information content (AvgIpc) is 2.49. The molecule has 0 radical (unpaired) electrons. The van der Waals surface area contributed by atoms with Crippen LogP contribution in [0.15, 0.2) is 42.5 Å². The van der Waals surface area contributed by atoms with Crippen LogP contribution in [0.3, 0.4) is 0 Å². The van der Waals surface area contributed by atoms with Crippen molar-refractivity contribution in [3.8, 4) is 0 Å². The van der Waals surface area contributed by atoms with Gasteiger partial charge in [-0.2, -0.15) is 0 Å². The van der Waals surface area contributed by atoms with Gasteiger partial charge in [-0.3, -0.25) is 4.79 Å². The Hall–Kier alpha value is -1.62. The van der Waals surface area contributed by atoms with Crippen molar-refractivity contribution < 1.29 is 9.53 Å². The molecule has 2 rings (SSSR count). The summed E-state index contributed by atoms with van der Waals surface area (Å²) in [6, 6.07) is 14.3. The number of fused-ring (bicyclic) bond motifs is 1. The normalized spacial score (nSPS) is 10.1. The third kappa shape index (κ3) is 5.34. The van der Waals surface area contributed by atoms with E-state index in [-0.39, 0.29) is 18.3 Å². The highest BCUT2D eigenvalue weighted by molar-refractivity contribution is 5.86. The molecule has 114 valence electrons. The molecule has 0 bridgehead atoms. The van der Waals surface area contributed by atoms with Crippen LogP contribution in [0.1, 0.15) is 5.56 Å². The van der Waals surface area contributed by atoms with Gasteiger partial charge < -0.3 is 15.4 Å². The summed E-state index contributed by atoms with van der Waals surface area (Å²) in [4.78, 5) is 11.7. The number of benzene rings is 2. The summed E-state index contributed by atoms with van der Waals surface area (Å²) in [6.07, 6.45) is 0. The minimum absolute atomic E-state index is 0. The fourth-order valence-electron chi connectivity index (χ4n) is 2.08. The third-order valence-corrected chi connectivity index (χ3v) is 3.12. The van der Waals surface area contributed by atoms with E-state index in [0.717, 1.165) is 5.56 Å². The summed E-state index contributed by atoms with van der Waals surface area (Å²) in [6.45, 7) is 2.15. The second kappa shape index (κ2) is 9.34. The van der Waals surface area contributed by atoms with E-state index in [9.17, 15) is 4.79 Å². The van der Waals surface area contributed by atoms with Gasteiger partial charge in [0.05, 0.1) is 13.2 Å². The monoisotopic (exact) mass is 308 g/mol. The van der Waals surface area contributed by atoms with Crippen molar-refractivity contribution in [3.63, 3.8) is 0 Å². The molecule has 2 aromatic carbocycles. The number of rotatable bonds is 7. The second-order valence-corrected chi connectivity index (χ2v) is 4.58. The van der Waals surface area contributed by atoms with Gasteiger partial charge >= 0.3 is 0 Å². The highest BCUT2D eigenvalue weighted by atomic mass is 35.5. The number of amides is 1.